The second kappa shape index (κ2) is 3.83. The van der Waals surface area contributed by atoms with Crippen LogP contribution in [0.4, 0.5) is 0 Å². The Morgan fingerprint density at radius 2 is 2.11 bits per heavy atom. The molecule has 5 nitrogen and oxygen atoms in total. The molecule has 5 heteroatoms. The average molecular weight is 245 g/mol. The molecule has 0 aromatic heterocycles. The first-order valence-corrected chi connectivity index (χ1v) is 6.53. The fourth-order valence-corrected chi connectivity index (χ4v) is 3.20. The molecule has 1 radical (unpaired) electrons. The van der Waals surface area contributed by atoms with Crippen LogP contribution in [0.25, 0.3) is 0 Å². The lowest BCUT2D eigenvalue weighted by molar-refractivity contribution is -0.322. The summed E-state index contributed by atoms with van der Waals surface area (Å²) in [7, 11) is 0. The standard InChI is InChI=1S/C13H15N3O2/c1-2-8-14-10(3-1)11-12-13(18-17-11)6-4-9(5-7-13)15-16-12/h1-3,8-9,11-12H,4-7H2/q+1. The van der Waals surface area contributed by atoms with Gasteiger partial charge in [0.2, 0.25) is 12.3 Å². The van der Waals surface area contributed by atoms with Crippen LogP contribution < -0.4 is 4.99 Å². The molecule has 1 saturated carbocycles. The van der Waals surface area contributed by atoms with E-state index >= 15 is 0 Å². The summed E-state index contributed by atoms with van der Waals surface area (Å²) in [6.45, 7) is 0. The highest BCUT2D eigenvalue weighted by molar-refractivity contribution is 5.99. The molecule has 1 spiro atoms. The predicted molar refractivity (Wildman–Crippen MR) is 65.0 cm³/mol. The van der Waals surface area contributed by atoms with Crippen LogP contribution in [0.3, 0.4) is 0 Å². The molecule has 0 N–H and O–H groups in total. The molecule has 4 aliphatic heterocycles. The molecular weight excluding hydrogens is 230 g/mol. The maximum Gasteiger partial charge on any atom is 0.288 e. The van der Waals surface area contributed by atoms with Crippen molar-refractivity contribution in [1.29, 1.82) is 0 Å². The number of nitrogens with zero attached hydrogens (tertiary/aromatic N) is 3. The van der Waals surface area contributed by atoms with E-state index < -0.39 is 0 Å². The zero-order valence-corrected chi connectivity index (χ0v) is 10.0. The monoisotopic (exact) mass is 245 g/mol. The van der Waals surface area contributed by atoms with Gasteiger partial charge in [0, 0.05) is 12.2 Å². The van der Waals surface area contributed by atoms with Crippen LogP contribution in [0, 0.1) is 0 Å². The van der Waals surface area contributed by atoms with Crippen LogP contribution in [0.1, 0.15) is 25.7 Å². The van der Waals surface area contributed by atoms with Crippen LogP contribution in [0.15, 0.2) is 34.7 Å². The van der Waals surface area contributed by atoms with Gasteiger partial charge in [-0.2, -0.15) is 10.2 Å². The molecule has 5 rings (SSSR count). The summed E-state index contributed by atoms with van der Waals surface area (Å²) in [6.07, 6.45) is 11.5. The second-order valence-corrected chi connectivity index (χ2v) is 5.33. The number of hydrogen-bond acceptors (Lipinski definition) is 5. The largest absolute Gasteiger partial charge is 0.288 e. The number of aliphatic imine (C=N–C) groups is 1. The van der Waals surface area contributed by atoms with Crippen LogP contribution in [0.5, 0.6) is 0 Å². The van der Waals surface area contributed by atoms with E-state index in [9.17, 15) is 0 Å². The minimum absolute atomic E-state index is 0.0418. The summed E-state index contributed by atoms with van der Waals surface area (Å²) in [4.78, 5) is 15.6. The number of rotatable bonds is 1. The predicted octanol–water partition coefficient (Wildman–Crippen LogP) is 1.69. The Morgan fingerprint density at radius 1 is 1.22 bits per heavy atom. The van der Waals surface area contributed by atoms with E-state index in [0.29, 0.717) is 6.04 Å². The molecule has 2 atom stereocenters. The van der Waals surface area contributed by atoms with Crippen LogP contribution in [0.2, 0.25) is 0 Å². The van der Waals surface area contributed by atoms with E-state index in [1.165, 1.54) is 0 Å². The first kappa shape index (κ1) is 10.6. The first-order chi connectivity index (χ1) is 8.87. The summed E-state index contributed by atoms with van der Waals surface area (Å²) in [5.74, 6) is 0. The van der Waals surface area contributed by atoms with Crippen molar-refractivity contribution in [2.45, 2.75) is 49.5 Å². The van der Waals surface area contributed by atoms with Gasteiger partial charge in [-0.1, -0.05) is 0 Å². The lowest BCUT2D eigenvalue weighted by atomic mass is 9.77. The molecule has 1 aliphatic carbocycles. The molecule has 0 aromatic carbocycles. The lowest BCUT2D eigenvalue weighted by Gasteiger charge is -2.31. The van der Waals surface area contributed by atoms with Gasteiger partial charge in [0.05, 0.1) is 11.0 Å². The Labute approximate surface area is 105 Å². The van der Waals surface area contributed by atoms with Gasteiger partial charge in [-0.3, -0.25) is 0 Å². The molecule has 93 valence electrons. The third kappa shape index (κ3) is 1.44. The number of hydrogen-bond donors (Lipinski definition) is 0. The minimum atomic E-state index is -0.265. The van der Waals surface area contributed by atoms with E-state index in [1.54, 1.807) is 6.20 Å². The maximum absolute atomic E-state index is 5.68. The van der Waals surface area contributed by atoms with E-state index in [1.807, 2.05) is 18.2 Å². The summed E-state index contributed by atoms with van der Waals surface area (Å²) >= 11 is 0. The topological polar surface area (TPSA) is 57.3 Å². The summed E-state index contributed by atoms with van der Waals surface area (Å²) in [5, 5.41) is 8.93. The Hall–Kier alpha value is -1.33. The third-order valence-corrected chi connectivity index (χ3v) is 4.28. The Balaban J connectivity index is 1.70. The average Bonchev–Trinajstić information content (AvgIpc) is 2.59. The quantitative estimate of drug-likeness (QED) is 0.660. The van der Waals surface area contributed by atoms with Crippen molar-refractivity contribution in [3.05, 3.63) is 24.4 Å². The molecule has 2 bridgehead atoms. The molecule has 0 aromatic rings. The summed E-state index contributed by atoms with van der Waals surface area (Å²) < 4.78 is 0. The molecule has 0 amide bonds. The molecule has 5 aliphatic rings. The zero-order valence-electron chi connectivity index (χ0n) is 10.0. The summed E-state index contributed by atoms with van der Waals surface area (Å²) in [5.41, 5.74) is 0.613. The first-order valence-electron chi connectivity index (χ1n) is 6.53. The molecule has 4 heterocycles. The van der Waals surface area contributed by atoms with Gasteiger partial charge in [0.25, 0.3) is 5.71 Å². The Bertz CT molecular complexity index is 473. The Morgan fingerprint density at radius 3 is 2.89 bits per heavy atom. The van der Waals surface area contributed by atoms with Crippen LogP contribution >= 0.6 is 0 Å². The Kier molecular flexibility index (Phi) is 2.25. The van der Waals surface area contributed by atoms with Crippen molar-refractivity contribution in [2.75, 3.05) is 0 Å². The SMILES string of the molecule is C1=C[N+]=C(C2OOC34CCC(CC3)N=NC24)C=C1. The van der Waals surface area contributed by atoms with Crippen molar-refractivity contribution in [1.82, 2.24) is 4.99 Å². The molecule has 2 fully saturated rings. The molecular formula is C13H15N3O2+. The second-order valence-electron chi connectivity index (χ2n) is 5.33. The van der Waals surface area contributed by atoms with Crippen molar-refractivity contribution in [3.63, 3.8) is 0 Å². The number of fused-ring (bicyclic) bond motifs is 2. The van der Waals surface area contributed by atoms with Crippen molar-refractivity contribution in [2.24, 2.45) is 10.2 Å². The lowest BCUT2D eigenvalue weighted by Crippen LogP contribution is -2.45. The molecule has 1 saturated heterocycles. The van der Waals surface area contributed by atoms with Crippen molar-refractivity contribution >= 4 is 5.71 Å². The van der Waals surface area contributed by atoms with Gasteiger partial charge in [0.1, 0.15) is 11.6 Å². The maximum atomic E-state index is 5.68. The summed E-state index contributed by atoms with van der Waals surface area (Å²) in [6, 6.07) is 0.342. The smallest absolute Gasteiger partial charge is 0.227 e. The van der Waals surface area contributed by atoms with Crippen LogP contribution in [-0.2, 0) is 9.78 Å². The normalized spacial score (nSPS) is 44.9. The van der Waals surface area contributed by atoms with Crippen molar-refractivity contribution < 1.29 is 9.78 Å². The van der Waals surface area contributed by atoms with E-state index in [4.69, 9.17) is 9.78 Å². The van der Waals surface area contributed by atoms with Gasteiger partial charge in [0.15, 0.2) is 0 Å². The minimum Gasteiger partial charge on any atom is -0.227 e. The van der Waals surface area contributed by atoms with E-state index in [0.717, 1.165) is 31.4 Å². The number of azo groups is 1. The van der Waals surface area contributed by atoms with Gasteiger partial charge in [-0.15, -0.1) is 0 Å². The van der Waals surface area contributed by atoms with Crippen LogP contribution in [-0.4, -0.2) is 29.5 Å². The highest BCUT2D eigenvalue weighted by atomic mass is 17.2. The zero-order chi connectivity index (χ0) is 12.0. The van der Waals surface area contributed by atoms with Crippen molar-refractivity contribution in [3.8, 4) is 0 Å². The molecule has 18 heavy (non-hydrogen) atoms. The fourth-order valence-electron chi connectivity index (χ4n) is 3.20. The van der Waals surface area contributed by atoms with E-state index in [-0.39, 0.29) is 17.7 Å². The van der Waals surface area contributed by atoms with E-state index in [2.05, 4.69) is 15.2 Å². The van der Waals surface area contributed by atoms with Gasteiger partial charge in [-0.25, -0.2) is 9.78 Å². The van der Waals surface area contributed by atoms with Gasteiger partial charge < -0.3 is 0 Å². The van der Waals surface area contributed by atoms with Gasteiger partial charge in [-0.05, 0) is 31.8 Å². The highest BCUT2D eigenvalue weighted by Gasteiger charge is 2.58. The van der Waals surface area contributed by atoms with Gasteiger partial charge >= 0.3 is 0 Å². The molecule has 2 unspecified atom stereocenters. The third-order valence-electron chi connectivity index (χ3n) is 4.28. The number of allylic oxidation sites excluding steroid dienone is 2. The fraction of sp³-hybridized carbons (Fsp3) is 0.615. The highest BCUT2D eigenvalue weighted by Crippen LogP contribution is 2.46.